The van der Waals surface area contributed by atoms with E-state index >= 15 is 0 Å². The first kappa shape index (κ1) is 12.3. The van der Waals surface area contributed by atoms with E-state index in [9.17, 15) is 4.79 Å². The molecule has 1 heterocycles. The number of rotatable bonds is 1. The van der Waals surface area contributed by atoms with Crippen molar-refractivity contribution in [3.63, 3.8) is 0 Å². The van der Waals surface area contributed by atoms with Crippen LogP contribution < -0.4 is 0 Å². The number of ether oxygens (including phenoxy) is 1. The molecular formula is C12H23NO2. The van der Waals surface area contributed by atoms with Crippen molar-refractivity contribution in [3.05, 3.63) is 0 Å². The summed E-state index contributed by atoms with van der Waals surface area (Å²) in [5, 5.41) is 0. The van der Waals surface area contributed by atoms with E-state index in [1.54, 1.807) is 0 Å². The predicted molar refractivity (Wildman–Crippen MR) is 60.8 cm³/mol. The average molecular weight is 213 g/mol. The smallest absolute Gasteiger partial charge is 0.410 e. The van der Waals surface area contributed by atoms with Crippen LogP contribution in [0.1, 0.15) is 41.0 Å². The summed E-state index contributed by atoms with van der Waals surface area (Å²) in [6.07, 6.45) is 0.947. The molecule has 1 amide bonds. The normalized spacial score (nSPS) is 22.3. The summed E-state index contributed by atoms with van der Waals surface area (Å²) in [6, 6.07) is 0. The molecule has 1 aliphatic rings. The fourth-order valence-corrected chi connectivity index (χ4v) is 1.82. The number of carbonyl (C=O) groups is 1. The molecule has 0 aromatic heterocycles. The standard InChI is InChI=1S/C12H23NO2/c1-9(2)10-6-7-13(8-10)11(14)15-12(3,4)5/h9-10H,6-8H2,1-5H3/t10-/m1/s1. The van der Waals surface area contributed by atoms with Gasteiger partial charge in [-0.1, -0.05) is 13.8 Å². The Morgan fingerprint density at radius 3 is 2.40 bits per heavy atom. The van der Waals surface area contributed by atoms with Crippen LogP contribution in [0.3, 0.4) is 0 Å². The average Bonchev–Trinajstić information content (AvgIpc) is 2.47. The van der Waals surface area contributed by atoms with E-state index in [0.717, 1.165) is 19.5 Å². The molecule has 0 aromatic rings. The molecule has 0 unspecified atom stereocenters. The largest absolute Gasteiger partial charge is 0.444 e. The third kappa shape index (κ3) is 3.73. The number of carbonyl (C=O) groups excluding carboxylic acids is 1. The van der Waals surface area contributed by atoms with Crippen LogP contribution in [0.5, 0.6) is 0 Å². The van der Waals surface area contributed by atoms with Crippen molar-refractivity contribution in [1.82, 2.24) is 4.90 Å². The second kappa shape index (κ2) is 4.42. The molecule has 88 valence electrons. The van der Waals surface area contributed by atoms with Gasteiger partial charge in [-0.05, 0) is 39.0 Å². The van der Waals surface area contributed by atoms with Gasteiger partial charge < -0.3 is 9.64 Å². The maximum absolute atomic E-state index is 11.7. The van der Waals surface area contributed by atoms with E-state index < -0.39 is 0 Å². The monoisotopic (exact) mass is 213 g/mol. The summed E-state index contributed by atoms with van der Waals surface area (Å²) >= 11 is 0. The van der Waals surface area contributed by atoms with E-state index in [2.05, 4.69) is 13.8 Å². The quantitative estimate of drug-likeness (QED) is 0.670. The first-order chi connectivity index (χ1) is 6.79. The molecule has 1 aliphatic heterocycles. The van der Waals surface area contributed by atoms with Crippen LogP contribution in [0.25, 0.3) is 0 Å². The zero-order chi connectivity index (χ0) is 11.6. The molecular weight excluding hydrogens is 190 g/mol. The SMILES string of the molecule is CC(C)[C@@H]1CCN(C(=O)OC(C)(C)C)C1. The molecule has 0 saturated carbocycles. The minimum atomic E-state index is -0.382. The van der Waals surface area contributed by atoms with Crippen molar-refractivity contribution in [3.8, 4) is 0 Å². The second-order valence-corrected chi connectivity index (χ2v) is 5.72. The molecule has 0 radical (unpaired) electrons. The van der Waals surface area contributed by atoms with Crippen molar-refractivity contribution < 1.29 is 9.53 Å². The van der Waals surface area contributed by atoms with Gasteiger partial charge in [-0.2, -0.15) is 0 Å². The van der Waals surface area contributed by atoms with Crippen LogP contribution in [0.15, 0.2) is 0 Å². The molecule has 15 heavy (non-hydrogen) atoms. The lowest BCUT2D eigenvalue weighted by molar-refractivity contribution is 0.0285. The fourth-order valence-electron chi connectivity index (χ4n) is 1.82. The molecule has 0 aromatic carbocycles. The molecule has 0 N–H and O–H groups in total. The molecule has 1 atom stereocenters. The van der Waals surface area contributed by atoms with Crippen molar-refractivity contribution in [2.24, 2.45) is 11.8 Å². The Balaban J connectivity index is 2.44. The summed E-state index contributed by atoms with van der Waals surface area (Å²) in [5.41, 5.74) is -0.382. The zero-order valence-corrected chi connectivity index (χ0v) is 10.5. The van der Waals surface area contributed by atoms with Crippen LogP contribution in [0.4, 0.5) is 4.79 Å². The minimum absolute atomic E-state index is 0.161. The van der Waals surface area contributed by atoms with E-state index in [0.29, 0.717) is 11.8 Å². The number of likely N-dealkylation sites (tertiary alicyclic amines) is 1. The van der Waals surface area contributed by atoms with E-state index in [-0.39, 0.29) is 11.7 Å². The third-order valence-electron chi connectivity index (χ3n) is 2.82. The first-order valence-electron chi connectivity index (χ1n) is 5.77. The molecule has 1 rings (SSSR count). The molecule has 0 spiro atoms. The van der Waals surface area contributed by atoms with Gasteiger partial charge in [0.2, 0.25) is 0 Å². The number of hydrogen-bond acceptors (Lipinski definition) is 2. The number of nitrogens with zero attached hydrogens (tertiary/aromatic N) is 1. The molecule has 0 aliphatic carbocycles. The van der Waals surface area contributed by atoms with E-state index in [1.165, 1.54) is 0 Å². The number of hydrogen-bond donors (Lipinski definition) is 0. The van der Waals surface area contributed by atoms with Gasteiger partial charge in [-0.3, -0.25) is 0 Å². The highest BCUT2D eigenvalue weighted by Gasteiger charge is 2.30. The summed E-state index contributed by atoms with van der Waals surface area (Å²) < 4.78 is 5.34. The molecule has 3 nitrogen and oxygen atoms in total. The van der Waals surface area contributed by atoms with Gasteiger partial charge in [-0.25, -0.2) is 4.79 Å². The van der Waals surface area contributed by atoms with Gasteiger partial charge in [0, 0.05) is 13.1 Å². The van der Waals surface area contributed by atoms with E-state index in [1.807, 2.05) is 25.7 Å². The summed E-state index contributed by atoms with van der Waals surface area (Å²) in [5.74, 6) is 1.29. The Kier molecular flexibility index (Phi) is 3.63. The van der Waals surface area contributed by atoms with Crippen molar-refractivity contribution in [2.45, 2.75) is 46.6 Å². The Morgan fingerprint density at radius 1 is 1.40 bits per heavy atom. The topological polar surface area (TPSA) is 29.5 Å². The maximum atomic E-state index is 11.7. The summed E-state index contributed by atoms with van der Waals surface area (Å²) in [7, 11) is 0. The predicted octanol–water partition coefficient (Wildman–Crippen LogP) is 2.90. The fraction of sp³-hybridized carbons (Fsp3) is 0.917. The van der Waals surface area contributed by atoms with Gasteiger partial charge in [0.1, 0.15) is 5.60 Å². The van der Waals surface area contributed by atoms with Gasteiger partial charge in [0.05, 0.1) is 0 Å². The molecule has 0 bridgehead atoms. The molecule has 1 fully saturated rings. The minimum Gasteiger partial charge on any atom is -0.444 e. The van der Waals surface area contributed by atoms with E-state index in [4.69, 9.17) is 4.74 Å². The molecule has 1 saturated heterocycles. The van der Waals surface area contributed by atoms with Crippen LogP contribution >= 0.6 is 0 Å². The van der Waals surface area contributed by atoms with Gasteiger partial charge in [0.25, 0.3) is 0 Å². The van der Waals surface area contributed by atoms with Crippen LogP contribution in [-0.2, 0) is 4.74 Å². The van der Waals surface area contributed by atoms with Crippen LogP contribution in [0.2, 0.25) is 0 Å². The lowest BCUT2D eigenvalue weighted by Crippen LogP contribution is -2.35. The maximum Gasteiger partial charge on any atom is 0.410 e. The highest BCUT2D eigenvalue weighted by Crippen LogP contribution is 2.24. The highest BCUT2D eigenvalue weighted by atomic mass is 16.6. The van der Waals surface area contributed by atoms with Gasteiger partial charge >= 0.3 is 6.09 Å². The lowest BCUT2D eigenvalue weighted by Gasteiger charge is -2.24. The van der Waals surface area contributed by atoms with Crippen molar-refractivity contribution in [1.29, 1.82) is 0 Å². The third-order valence-corrected chi connectivity index (χ3v) is 2.82. The Hall–Kier alpha value is -0.730. The summed E-state index contributed by atoms with van der Waals surface area (Å²) in [4.78, 5) is 13.6. The van der Waals surface area contributed by atoms with Crippen LogP contribution in [0, 0.1) is 11.8 Å². The first-order valence-corrected chi connectivity index (χ1v) is 5.77. The molecule has 3 heteroatoms. The number of amides is 1. The lowest BCUT2D eigenvalue weighted by atomic mass is 9.95. The van der Waals surface area contributed by atoms with Crippen LogP contribution in [-0.4, -0.2) is 29.7 Å². The Bertz CT molecular complexity index is 230. The summed E-state index contributed by atoms with van der Waals surface area (Å²) in [6.45, 7) is 11.8. The van der Waals surface area contributed by atoms with Crippen molar-refractivity contribution >= 4 is 6.09 Å². The zero-order valence-electron chi connectivity index (χ0n) is 10.5. The van der Waals surface area contributed by atoms with Gasteiger partial charge in [-0.15, -0.1) is 0 Å². The Morgan fingerprint density at radius 2 is 2.00 bits per heavy atom. The second-order valence-electron chi connectivity index (χ2n) is 5.72. The van der Waals surface area contributed by atoms with Gasteiger partial charge in [0.15, 0.2) is 0 Å². The highest BCUT2D eigenvalue weighted by molar-refractivity contribution is 5.68. The van der Waals surface area contributed by atoms with Crippen molar-refractivity contribution in [2.75, 3.05) is 13.1 Å². The Labute approximate surface area is 92.8 Å².